The van der Waals surface area contributed by atoms with Gasteiger partial charge in [-0.1, -0.05) is 72.8 Å². The third-order valence-corrected chi connectivity index (χ3v) is 3.82. The topological polar surface area (TPSA) is 37.3 Å². The van der Waals surface area contributed by atoms with Crippen LogP contribution < -0.4 is 0 Å². The molecule has 0 bridgehead atoms. The Balaban J connectivity index is 2.18. The normalized spacial score (nSPS) is 13.3. The first-order chi connectivity index (χ1) is 11.1. The summed E-state index contributed by atoms with van der Waals surface area (Å²) >= 11 is 0. The van der Waals surface area contributed by atoms with E-state index in [9.17, 15) is 14.3 Å². The first-order valence-electron chi connectivity index (χ1n) is 7.26. The van der Waals surface area contributed by atoms with Crippen LogP contribution >= 0.6 is 0 Å². The molecule has 114 valence electrons. The van der Waals surface area contributed by atoms with Crippen molar-refractivity contribution in [3.8, 4) is 0 Å². The van der Waals surface area contributed by atoms with Crippen LogP contribution in [0.4, 0.5) is 4.39 Å². The summed E-state index contributed by atoms with van der Waals surface area (Å²) in [5.41, 5.74) is -0.696. The van der Waals surface area contributed by atoms with Crippen molar-refractivity contribution in [2.24, 2.45) is 0 Å². The maximum atomic E-state index is 13.2. The maximum Gasteiger partial charge on any atom is 0.203 e. The van der Waals surface area contributed by atoms with Crippen molar-refractivity contribution in [2.75, 3.05) is 0 Å². The molecule has 0 aromatic heterocycles. The van der Waals surface area contributed by atoms with Gasteiger partial charge in [0.05, 0.1) is 0 Å². The summed E-state index contributed by atoms with van der Waals surface area (Å²) in [6.07, 6.45) is 0. The standard InChI is InChI=1S/C20H15FO2/c21-18-13-11-17(12-14-18)20(23,16-9-5-2-6-10-16)19(22)15-7-3-1-4-8-15/h1-14,23H. The van der Waals surface area contributed by atoms with E-state index >= 15 is 0 Å². The van der Waals surface area contributed by atoms with Crippen LogP contribution in [0.1, 0.15) is 21.5 Å². The summed E-state index contributed by atoms with van der Waals surface area (Å²) in [6, 6.07) is 22.6. The monoisotopic (exact) mass is 306 g/mol. The second kappa shape index (κ2) is 6.15. The minimum Gasteiger partial charge on any atom is -0.373 e. The lowest BCUT2D eigenvalue weighted by molar-refractivity contribution is 0.0487. The Kier molecular flexibility index (Phi) is 4.04. The molecule has 0 radical (unpaired) electrons. The van der Waals surface area contributed by atoms with Gasteiger partial charge in [0.1, 0.15) is 5.82 Å². The van der Waals surface area contributed by atoms with Gasteiger partial charge < -0.3 is 5.11 Å². The number of hydrogen-bond acceptors (Lipinski definition) is 2. The third kappa shape index (κ3) is 2.79. The van der Waals surface area contributed by atoms with E-state index in [-0.39, 0.29) is 0 Å². The summed E-state index contributed by atoms with van der Waals surface area (Å²) in [6.45, 7) is 0. The van der Waals surface area contributed by atoms with Gasteiger partial charge in [0, 0.05) is 5.56 Å². The zero-order valence-electron chi connectivity index (χ0n) is 12.3. The third-order valence-electron chi connectivity index (χ3n) is 3.82. The van der Waals surface area contributed by atoms with Crippen molar-refractivity contribution in [1.29, 1.82) is 0 Å². The van der Waals surface area contributed by atoms with E-state index in [2.05, 4.69) is 0 Å². The molecule has 0 heterocycles. The molecule has 3 aromatic carbocycles. The SMILES string of the molecule is O=C(c1ccccc1)C(O)(c1ccccc1)c1ccc(F)cc1. The lowest BCUT2D eigenvalue weighted by Gasteiger charge is -2.28. The lowest BCUT2D eigenvalue weighted by Crippen LogP contribution is -2.37. The first-order valence-corrected chi connectivity index (χ1v) is 7.26. The van der Waals surface area contributed by atoms with E-state index in [1.807, 2.05) is 6.07 Å². The molecule has 0 spiro atoms. The van der Waals surface area contributed by atoms with Gasteiger partial charge in [-0.25, -0.2) is 4.39 Å². The van der Waals surface area contributed by atoms with E-state index in [1.165, 1.54) is 24.3 Å². The highest BCUT2D eigenvalue weighted by atomic mass is 19.1. The summed E-state index contributed by atoms with van der Waals surface area (Å²) in [4.78, 5) is 13.0. The molecule has 3 heteroatoms. The minimum absolute atomic E-state index is 0.332. The van der Waals surface area contributed by atoms with Gasteiger partial charge in [-0.2, -0.15) is 0 Å². The second-order valence-corrected chi connectivity index (χ2v) is 5.28. The van der Waals surface area contributed by atoms with Gasteiger partial charge in [-0.15, -0.1) is 0 Å². The van der Waals surface area contributed by atoms with Crippen molar-refractivity contribution in [1.82, 2.24) is 0 Å². The van der Waals surface area contributed by atoms with Gasteiger partial charge in [0.2, 0.25) is 5.78 Å². The van der Waals surface area contributed by atoms with Crippen molar-refractivity contribution < 1.29 is 14.3 Å². The summed E-state index contributed by atoms with van der Waals surface area (Å²) < 4.78 is 13.2. The fraction of sp³-hybridized carbons (Fsp3) is 0.0500. The molecule has 0 aliphatic carbocycles. The van der Waals surface area contributed by atoms with Crippen LogP contribution in [0, 0.1) is 5.82 Å². The smallest absolute Gasteiger partial charge is 0.203 e. The Morgan fingerprint density at radius 1 is 0.739 bits per heavy atom. The molecule has 0 saturated carbocycles. The average molecular weight is 306 g/mol. The Bertz CT molecular complexity index is 798. The summed E-state index contributed by atoms with van der Waals surface area (Å²) in [5.74, 6) is -0.868. The molecule has 3 rings (SSSR count). The van der Waals surface area contributed by atoms with Crippen molar-refractivity contribution in [3.05, 3.63) is 107 Å². The largest absolute Gasteiger partial charge is 0.373 e. The van der Waals surface area contributed by atoms with Gasteiger partial charge >= 0.3 is 0 Å². The number of hydrogen-bond donors (Lipinski definition) is 1. The molecule has 0 saturated heterocycles. The summed E-state index contributed by atoms with van der Waals surface area (Å²) in [7, 11) is 0. The van der Waals surface area contributed by atoms with E-state index in [0.717, 1.165) is 0 Å². The molecule has 1 N–H and O–H groups in total. The molecule has 23 heavy (non-hydrogen) atoms. The van der Waals surface area contributed by atoms with Crippen LogP contribution in [-0.4, -0.2) is 10.9 Å². The molecular weight excluding hydrogens is 291 g/mol. The van der Waals surface area contributed by atoms with Crippen LogP contribution in [0.5, 0.6) is 0 Å². The predicted molar refractivity (Wildman–Crippen MR) is 86.6 cm³/mol. The van der Waals surface area contributed by atoms with E-state index < -0.39 is 17.2 Å². The number of benzene rings is 3. The summed E-state index contributed by atoms with van der Waals surface area (Å²) in [5, 5.41) is 11.3. The Labute approximate surface area is 133 Å². The number of Topliss-reactive ketones (excluding diaryl/α,β-unsaturated/α-hetero) is 1. The fourth-order valence-electron chi connectivity index (χ4n) is 2.60. The highest BCUT2D eigenvalue weighted by Crippen LogP contribution is 2.33. The van der Waals surface area contributed by atoms with Crippen LogP contribution in [0.2, 0.25) is 0 Å². The second-order valence-electron chi connectivity index (χ2n) is 5.28. The first kappa shape index (κ1) is 15.1. The Hall–Kier alpha value is -2.78. The van der Waals surface area contributed by atoms with Gasteiger partial charge in [0.15, 0.2) is 5.60 Å². The Morgan fingerprint density at radius 2 is 1.22 bits per heavy atom. The van der Waals surface area contributed by atoms with Crippen LogP contribution in [0.3, 0.4) is 0 Å². The van der Waals surface area contributed by atoms with Crippen LogP contribution in [0.25, 0.3) is 0 Å². The molecular formula is C20H15FO2. The molecule has 0 amide bonds. The van der Waals surface area contributed by atoms with Crippen molar-refractivity contribution in [2.45, 2.75) is 5.60 Å². The average Bonchev–Trinajstić information content (AvgIpc) is 2.62. The quantitative estimate of drug-likeness (QED) is 0.741. The molecule has 2 nitrogen and oxygen atoms in total. The lowest BCUT2D eigenvalue weighted by atomic mass is 9.80. The molecule has 1 unspecified atom stereocenters. The molecule has 3 aromatic rings. The molecule has 0 aliphatic heterocycles. The van der Waals surface area contributed by atoms with Crippen LogP contribution in [0.15, 0.2) is 84.9 Å². The van der Waals surface area contributed by atoms with E-state index in [4.69, 9.17) is 0 Å². The van der Waals surface area contributed by atoms with E-state index in [0.29, 0.717) is 16.7 Å². The number of rotatable bonds is 4. The number of carbonyl (C=O) groups excluding carboxylic acids is 1. The number of ketones is 1. The minimum atomic E-state index is -1.86. The van der Waals surface area contributed by atoms with Crippen molar-refractivity contribution >= 4 is 5.78 Å². The maximum absolute atomic E-state index is 13.2. The number of halogens is 1. The number of aliphatic hydroxyl groups is 1. The molecule has 1 atom stereocenters. The molecule has 0 fully saturated rings. The highest BCUT2D eigenvalue weighted by molar-refractivity contribution is 6.05. The zero-order chi connectivity index (χ0) is 16.3. The van der Waals surface area contributed by atoms with Gasteiger partial charge in [0.25, 0.3) is 0 Å². The fourth-order valence-corrected chi connectivity index (χ4v) is 2.60. The van der Waals surface area contributed by atoms with Crippen LogP contribution in [-0.2, 0) is 5.60 Å². The van der Waals surface area contributed by atoms with E-state index in [1.54, 1.807) is 54.6 Å². The number of carbonyl (C=O) groups is 1. The van der Waals surface area contributed by atoms with Gasteiger partial charge in [-0.05, 0) is 23.3 Å². The zero-order valence-corrected chi connectivity index (χ0v) is 12.3. The Morgan fingerprint density at radius 3 is 1.78 bits per heavy atom. The van der Waals surface area contributed by atoms with Crippen molar-refractivity contribution in [3.63, 3.8) is 0 Å². The predicted octanol–water partition coefficient (Wildman–Crippen LogP) is 3.94. The highest BCUT2D eigenvalue weighted by Gasteiger charge is 2.40. The van der Waals surface area contributed by atoms with Gasteiger partial charge in [-0.3, -0.25) is 4.79 Å². The molecule has 0 aliphatic rings.